The standard InChI is InChI=1S/C27H29N7O3/c1-3-5-21(28-2)22-9-10-29-27(32-22)30-19-7-8-20-18(16-19)17-23(31-20)25(35)33-11-13-34(14-12-33)26(36)24-6-4-15-37-24/h3,5,7-10,16-17,24,31H,1-2,4,6,11-15H2,(H,29,30,32)/b21-5-/t24-/m1/s1. The van der Waals surface area contributed by atoms with Crippen LogP contribution in [0.5, 0.6) is 0 Å². The molecule has 0 unspecified atom stereocenters. The van der Waals surface area contributed by atoms with E-state index in [1.807, 2.05) is 24.3 Å². The van der Waals surface area contributed by atoms with Gasteiger partial charge in [-0.1, -0.05) is 12.7 Å². The van der Waals surface area contributed by atoms with Crippen LogP contribution in [-0.4, -0.2) is 82.2 Å². The third-order valence-electron chi connectivity index (χ3n) is 6.56. The van der Waals surface area contributed by atoms with Crippen molar-refractivity contribution in [3.63, 3.8) is 0 Å². The number of carbonyl (C=O) groups is 2. The molecular formula is C27H29N7O3. The Morgan fingerprint density at radius 3 is 2.70 bits per heavy atom. The van der Waals surface area contributed by atoms with Crippen molar-refractivity contribution in [1.82, 2.24) is 24.8 Å². The number of benzene rings is 1. The van der Waals surface area contributed by atoms with Crippen molar-refractivity contribution in [1.29, 1.82) is 0 Å². The summed E-state index contributed by atoms with van der Waals surface area (Å²) < 4.78 is 5.52. The third kappa shape index (κ3) is 5.29. The number of amides is 2. The van der Waals surface area contributed by atoms with E-state index in [1.165, 1.54) is 0 Å². The van der Waals surface area contributed by atoms with E-state index in [0.717, 1.165) is 29.4 Å². The quantitative estimate of drug-likeness (QED) is 0.380. The maximum atomic E-state index is 13.2. The first-order valence-corrected chi connectivity index (χ1v) is 12.3. The molecule has 2 N–H and O–H groups in total. The highest BCUT2D eigenvalue weighted by molar-refractivity contribution is 5.99. The van der Waals surface area contributed by atoms with Gasteiger partial charge in [-0.15, -0.1) is 0 Å². The SMILES string of the molecule is C=C/C=C(\N=C)c1ccnc(Nc2ccc3[nH]c(C(=O)N4CCN(C(=O)[C@H]5CCCO5)CC4)cc3c2)n1. The Morgan fingerprint density at radius 1 is 1.16 bits per heavy atom. The highest BCUT2D eigenvalue weighted by atomic mass is 16.5. The van der Waals surface area contributed by atoms with Crippen LogP contribution in [0.3, 0.4) is 0 Å². The fourth-order valence-corrected chi connectivity index (χ4v) is 4.62. The minimum atomic E-state index is -0.323. The summed E-state index contributed by atoms with van der Waals surface area (Å²) in [5, 5.41) is 4.09. The van der Waals surface area contributed by atoms with E-state index in [9.17, 15) is 9.59 Å². The Hall–Kier alpha value is -4.31. The zero-order valence-electron chi connectivity index (χ0n) is 20.5. The Bertz CT molecular complexity index is 1370. The molecule has 0 spiro atoms. The summed E-state index contributed by atoms with van der Waals surface area (Å²) in [5.41, 5.74) is 3.37. The van der Waals surface area contributed by atoms with E-state index in [4.69, 9.17) is 4.74 Å². The lowest BCUT2D eigenvalue weighted by Crippen LogP contribution is -2.52. The number of fused-ring (bicyclic) bond motifs is 1. The molecule has 0 radical (unpaired) electrons. The predicted molar refractivity (Wildman–Crippen MR) is 143 cm³/mol. The van der Waals surface area contributed by atoms with Gasteiger partial charge in [0, 0.05) is 55.6 Å². The molecule has 0 bridgehead atoms. The van der Waals surface area contributed by atoms with Crippen LogP contribution >= 0.6 is 0 Å². The molecule has 2 aliphatic heterocycles. The molecule has 0 aliphatic carbocycles. The molecule has 1 aromatic carbocycles. The number of hydrogen-bond donors (Lipinski definition) is 2. The molecule has 37 heavy (non-hydrogen) atoms. The van der Waals surface area contributed by atoms with Crippen LogP contribution < -0.4 is 5.32 Å². The zero-order valence-corrected chi connectivity index (χ0v) is 20.5. The molecular weight excluding hydrogens is 470 g/mol. The second-order valence-electron chi connectivity index (χ2n) is 8.94. The molecule has 10 nitrogen and oxygen atoms in total. The van der Waals surface area contributed by atoms with E-state index in [-0.39, 0.29) is 17.9 Å². The van der Waals surface area contributed by atoms with Crippen LogP contribution in [0, 0.1) is 0 Å². The van der Waals surface area contributed by atoms with Crippen molar-refractivity contribution in [3.05, 3.63) is 66.6 Å². The van der Waals surface area contributed by atoms with Gasteiger partial charge in [0.1, 0.15) is 11.8 Å². The lowest BCUT2D eigenvalue weighted by Gasteiger charge is -2.35. The van der Waals surface area contributed by atoms with E-state index in [0.29, 0.717) is 55.8 Å². The molecule has 190 valence electrons. The first-order valence-electron chi connectivity index (χ1n) is 12.3. The Balaban J connectivity index is 1.25. The smallest absolute Gasteiger partial charge is 0.270 e. The van der Waals surface area contributed by atoms with Crippen LogP contribution in [0.15, 0.2) is 60.3 Å². The largest absolute Gasteiger partial charge is 0.368 e. The maximum Gasteiger partial charge on any atom is 0.270 e. The second-order valence-corrected chi connectivity index (χ2v) is 8.94. The number of aliphatic imine (C=N–C) groups is 1. The zero-order chi connectivity index (χ0) is 25.8. The topological polar surface area (TPSA) is 116 Å². The summed E-state index contributed by atoms with van der Waals surface area (Å²) in [6.07, 6.45) is 6.38. The highest BCUT2D eigenvalue weighted by Gasteiger charge is 2.31. The molecule has 2 fully saturated rings. The Morgan fingerprint density at radius 2 is 1.97 bits per heavy atom. The van der Waals surface area contributed by atoms with Gasteiger partial charge in [0.25, 0.3) is 11.8 Å². The van der Waals surface area contributed by atoms with Gasteiger partial charge in [-0.05, 0) is 56.0 Å². The average Bonchev–Trinajstić information content (AvgIpc) is 3.61. The lowest BCUT2D eigenvalue weighted by atomic mass is 10.2. The second kappa shape index (κ2) is 10.8. The van der Waals surface area contributed by atoms with Gasteiger partial charge in [-0.25, -0.2) is 9.97 Å². The van der Waals surface area contributed by atoms with E-state index in [2.05, 4.69) is 38.6 Å². The van der Waals surface area contributed by atoms with Gasteiger partial charge in [0.15, 0.2) is 0 Å². The van der Waals surface area contributed by atoms with Gasteiger partial charge >= 0.3 is 0 Å². The van der Waals surface area contributed by atoms with Crippen LogP contribution in [0.2, 0.25) is 0 Å². The van der Waals surface area contributed by atoms with Crippen molar-refractivity contribution in [3.8, 4) is 0 Å². The molecule has 3 aromatic rings. The minimum Gasteiger partial charge on any atom is -0.368 e. The fraction of sp³-hybridized carbons (Fsp3) is 0.296. The number of rotatable bonds is 7. The number of piperazine rings is 1. The van der Waals surface area contributed by atoms with Gasteiger partial charge in [-0.3, -0.25) is 14.6 Å². The van der Waals surface area contributed by atoms with Crippen LogP contribution in [-0.2, 0) is 9.53 Å². The molecule has 10 heteroatoms. The number of nitrogens with one attached hydrogen (secondary N) is 2. The maximum absolute atomic E-state index is 13.2. The fourth-order valence-electron chi connectivity index (χ4n) is 4.62. The first-order chi connectivity index (χ1) is 18.1. The predicted octanol–water partition coefficient (Wildman–Crippen LogP) is 3.39. The number of carbonyl (C=O) groups excluding carboxylic acids is 2. The number of aromatic nitrogens is 3. The molecule has 4 heterocycles. The van der Waals surface area contributed by atoms with Crippen LogP contribution in [0.25, 0.3) is 16.6 Å². The van der Waals surface area contributed by atoms with Crippen molar-refractivity contribution in [2.75, 3.05) is 38.1 Å². The molecule has 2 aliphatic rings. The molecule has 2 aromatic heterocycles. The first kappa shape index (κ1) is 24.4. The van der Waals surface area contributed by atoms with Crippen LogP contribution in [0.1, 0.15) is 29.0 Å². The molecule has 2 amide bonds. The molecule has 2 saturated heterocycles. The van der Waals surface area contributed by atoms with Gasteiger partial charge < -0.3 is 24.8 Å². The number of hydrogen-bond acceptors (Lipinski definition) is 7. The number of allylic oxidation sites excluding steroid dienone is 2. The Labute approximate surface area is 214 Å². The average molecular weight is 500 g/mol. The van der Waals surface area contributed by atoms with E-state index >= 15 is 0 Å². The molecule has 1 atom stereocenters. The third-order valence-corrected chi connectivity index (χ3v) is 6.56. The minimum absolute atomic E-state index is 0.0402. The monoisotopic (exact) mass is 499 g/mol. The number of anilines is 2. The normalized spacial score (nSPS) is 18.2. The van der Waals surface area contributed by atoms with E-state index in [1.54, 1.807) is 34.2 Å². The van der Waals surface area contributed by atoms with Gasteiger partial charge in [0.2, 0.25) is 5.95 Å². The summed E-state index contributed by atoms with van der Waals surface area (Å²) in [5.74, 6) is 0.376. The summed E-state index contributed by atoms with van der Waals surface area (Å²) in [4.78, 5) is 45.3. The van der Waals surface area contributed by atoms with Crippen molar-refractivity contribution >= 4 is 46.8 Å². The van der Waals surface area contributed by atoms with Crippen molar-refractivity contribution < 1.29 is 14.3 Å². The highest BCUT2D eigenvalue weighted by Crippen LogP contribution is 2.24. The number of H-pyrrole nitrogens is 1. The number of aromatic amines is 1. The van der Waals surface area contributed by atoms with Crippen molar-refractivity contribution in [2.45, 2.75) is 18.9 Å². The van der Waals surface area contributed by atoms with Gasteiger partial charge in [0.05, 0.1) is 11.4 Å². The van der Waals surface area contributed by atoms with Gasteiger partial charge in [-0.2, -0.15) is 0 Å². The number of ether oxygens (including phenoxy) is 1. The number of nitrogens with zero attached hydrogens (tertiary/aromatic N) is 5. The molecule has 0 saturated carbocycles. The Kier molecular flexibility index (Phi) is 7.09. The summed E-state index contributed by atoms with van der Waals surface area (Å²) in [6.45, 7) is 9.94. The lowest BCUT2D eigenvalue weighted by molar-refractivity contribution is -0.142. The summed E-state index contributed by atoms with van der Waals surface area (Å²) in [6, 6.07) is 9.33. The summed E-state index contributed by atoms with van der Waals surface area (Å²) in [7, 11) is 0. The van der Waals surface area contributed by atoms with Crippen molar-refractivity contribution in [2.24, 2.45) is 4.99 Å². The van der Waals surface area contributed by atoms with E-state index < -0.39 is 0 Å². The van der Waals surface area contributed by atoms with Crippen LogP contribution in [0.4, 0.5) is 11.6 Å². The summed E-state index contributed by atoms with van der Waals surface area (Å²) >= 11 is 0. The molecule has 5 rings (SSSR count).